The predicted molar refractivity (Wildman–Crippen MR) is 143 cm³/mol. The average molecular weight is 522 g/mol. The molecule has 2 aromatic carbocycles. The summed E-state index contributed by atoms with van der Waals surface area (Å²) in [7, 11) is 4.64. The van der Waals surface area contributed by atoms with Gasteiger partial charge in [0.05, 0.1) is 33.5 Å². The lowest BCUT2D eigenvalue weighted by Gasteiger charge is -2.37. The minimum absolute atomic E-state index is 0.0179. The van der Waals surface area contributed by atoms with Gasteiger partial charge in [-0.05, 0) is 61.1 Å². The van der Waals surface area contributed by atoms with Crippen molar-refractivity contribution < 1.29 is 33.6 Å². The molecule has 0 aromatic heterocycles. The molecule has 2 N–H and O–H groups in total. The molecule has 2 aliphatic rings. The number of methoxy groups -OCH3 is 3. The van der Waals surface area contributed by atoms with Crippen LogP contribution in [0, 0.1) is 0 Å². The molecular weight excluding hydrogens is 486 g/mol. The van der Waals surface area contributed by atoms with E-state index >= 15 is 0 Å². The molecular formula is C30H35NO7. The van der Waals surface area contributed by atoms with E-state index in [9.17, 15) is 14.7 Å². The van der Waals surface area contributed by atoms with Crippen LogP contribution in [-0.4, -0.2) is 44.8 Å². The highest BCUT2D eigenvalue weighted by Crippen LogP contribution is 2.47. The van der Waals surface area contributed by atoms with Crippen LogP contribution in [0.15, 0.2) is 58.9 Å². The van der Waals surface area contributed by atoms with E-state index in [1.807, 2.05) is 32.0 Å². The Balaban J connectivity index is 1.77. The van der Waals surface area contributed by atoms with Gasteiger partial charge in [0, 0.05) is 29.3 Å². The fourth-order valence-electron chi connectivity index (χ4n) is 5.25. The molecule has 4 rings (SSSR count). The van der Waals surface area contributed by atoms with Gasteiger partial charge in [-0.3, -0.25) is 4.79 Å². The first-order valence-electron chi connectivity index (χ1n) is 12.8. The minimum atomic E-state index is -0.645. The van der Waals surface area contributed by atoms with Crippen molar-refractivity contribution in [3.63, 3.8) is 0 Å². The van der Waals surface area contributed by atoms with Gasteiger partial charge in [0.2, 0.25) is 0 Å². The molecule has 0 radical (unpaired) electrons. The Morgan fingerprint density at radius 2 is 1.66 bits per heavy atom. The van der Waals surface area contributed by atoms with Gasteiger partial charge in [-0.2, -0.15) is 0 Å². The number of hydrogen-bond donors (Lipinski definition) is 2. The Morgan fingerprint density at radius 3 is 2.34 bits per heavy atom. The molecule has 0 saturated heterocycles. The average Bonchev–Trinajstić information content (AvgIpc) is 2.92. The Kier molecular flexibility index (Phi) is 8.29. The summed E-state index contributed by atoms with van der Waals surface area (Å²) in [6, 6.07) is 10.6. The van der Waals surface area contributed by atoms with E-state index in [0.717, 1.165) is 24.1 Å². The largest absolute Gasteiger partial charge is 0.504 e. The number of allylic oxidation sites excluding steroid dienone is 3. The fraction of sp³-hybridized carbons (Fsp3) is 0.400. The summed E-state index contributed by atoms with van der Waals surface area (Å²) in [5, 5.41) is 13.6. The van der Waals surface area contributed by atoms with Crippen LogP contribution in [0.5, 0.6) is 23.0 Å². The molecule has 8 nitrogen and oxygen atoms in total. The Bertz CT molecular complexity index is 1290. The van der Waals surface area contributed by atoms with Crippen LogP contribution in [0.1, 0.15) is 62.5 Å². The molecule has 1 aliphatic carbocycles. The summed E-state index contributed by atoms with van der Waals surface area (Å²) in [5.74, 6) is 0.255. The Morgan fingerprint density at radius 1 is 0.974 bits per heavy atom. The van der Waals surface area contributed by atoms with Gasteiger partial charge >= 0.3 is 5.97 Å². The summed E-state index contributed by atoms with van der Waals surface area (Å²) in [6.45, 7) is 4.16. The zero-order valence-corrected chi connectivity index (χ0v) is 22.6. The Labute approximate surface area is 223 Å². The van der Waals surface area contributed by atoms with Gasteiger partial charge in [0.25, 0.3) is 0 Å². The van der Waals surface area contributed by atoms with E-state index in [2.05, 4.69) is 5.32 Å². The first-order chi connectivity index (χ1) is 18.3. The lowest BCUT2D eigenvalue weighted by atomic mass is 9.71. The molecule has 0 spiro atoms. The molecule has 0 bridgehead atoms. The normalized spacial score (nSPS) is 19.0. The maximum absolute atomic E-state index is 13.8. The number of ketones is 1. The number of esters is 1. The third-order valence-corrected chi connectivity index (χ3v) is 7.19. The molecule has 0 amide bonds. The number of phenols is 1. The van der Waals surface area contributed by atoms with E-state index < -0.39 is 11.9 Å². The van der Waals surface area contributed by atoms with Crippen LogP contribution < -0.4 is 19.5 Å². The summed E-state index contributed by atoms with van der Waals surface area (Å²) in [6.07, 6.45) is 2.51. The number of dihydropyridines is 1. The van der Waals surface area contributed by atoms with Crippen molar-refractivity contribution in [2.45, 2.75) is 51.4 Å². The van der Waals surface area contributed by atoms with Crippen molar-refractivity contribution in [1.29, 1.82) is 0 Å². The SMILES string of the molecule is CCCCOC(=O)C1=C(C)NC2=C(C(=O)CC(c3ccc(OC)c(OC)c3)C2)C1c1ccc(O)c(OC)c1. The van der Waals surface area contributed by atoms with Crippen molar-refractivity contribution in [3.05, 3.63) is 70.1 Å². The van der Waals surface area contributed by atoms with E-state index in [-0.39, 0.29) is 29.6 Å². The molecule has 38 heavy (non-hydrogen) atoms. The maximum atomic E-state index is 13.8. The third kappa shape index (κ3) is 5.21. The molecule has 0 fully saturated rings. The number of phenolic OH excluding ortho intramolecular Hbond substituents is 1. The zero-order chi connectivity index (χ0) is 27.4. The topological polar surface area (TPSA) is 103 Å². The maximum Gasteiger partial charge on any atom is 0.336 e. The van der Waals surface area contributed by atoms with E-state index in [1.165, 1.54) is 13.2 Å². The number of aromatic hydroxyl groups is 1. The van der Waals surface area contributed by atoms with Gasteiger partial charge in [-0.1, -0.05) is 25.5 Å². The molecule has 202 valence electrons. The van der Waals surface area contributed by atoms with Crippen LogP contribution in [0.3, 0.4) is 0 Å². The molecule has 2 aromatic rings. The number of nitrogens with one attached hydrogen (secondary N) is 1. The quantitative estimate of drug-likeness (QED) is 0.346. The van der Waals surface area contributed by atoms with Crippen LogP contribution in [0.4, 0.5) is 0 Å². The number of hydrogen-bond acceptors (Lipinski definition) is 8. The fourth-order valence-corrected chi connectivity index (χ4v) is 5.25. The highest BCUT2D eigenvalue weighted by Gasteiger charge is 2.41. The van der Waals surface area contributed by atoms with Gasteiger partial charge in [0.15, 0.2) is 28.8 Å². The molecule has 2 unspecified atom stereocenters. The zero-order valence-electron chi connectivity index (χ0n) is 22.6. The minimum Gasteiger partial charge on any atom is -0.504 e. The third-order valence-electron chi connectivity index (χ3n) is 7.19. The molecule has 0 saturated carbocycles. The summed E-state index contributed by atoms with van der Waals surface area (Å²) in [4.78, 5) is 27.1. The molecule has 2 atom stereocenters. The van der Waals surface area contributed by atoms with Crippen molar-refractivity contribution >= 4 is 11.8 Å². The number of unbranched alkanes of at least 4 members (excludes halogenated alkanes) is 1. The predicted octanol–water partition coefficient (Wildman–Crippen LogP) is 5.12. The van der Waals surface area contributed by atoms with E-state index in [4.69, 9.17) is 18.9 Å². The van der Waals surface area contributed by atoms with Gasteiger partial charge < -0.3 is 29.4 Å². The highest BCUT2D eigenvalue weighted by molar-refractivity contribution is 6.04. The smallest absolute Gasteiger partial charge is 0.336 e. The summed E-state index contributed by atoms with van der Waals surface area (Å²) in [5.41, 5.74) is 4.00. The lowest BCUT2D eigenvalue weighted by molar-refractivity contribution is -0.139. The lowest BCUT2D eigenvalue weighted by Crippen LogP contribution is -2.36. The number of Topliss-reactive ketones (excluding diaryl/α,β-unsaturated/α-hetero) is 1. The van der Waals surface area contributed by atoms with Crippen molar-refractivity contribution in [3.8, 4) is 23.0 Å². The van der Waals surface area contributed by atoms with Crippen LogP contribution >= 0.6 is 0 Å². The first-order valence-corrected chi connectivity index (χ1v) is 12.8. The van der Waals surface area contributed by atoms with Crippen molar-refractivity contribution in [2.75, 3.05) is 27.9 Å². The second kappa shape index (κ2) is 11.6. The highest BCUT2D eigenvalue weighted by atomic mass is 16.5. The number of benzene rings is 2. The van der Waals surface area contributed by atoms with Crippen molar-refractivity contribution in [2.24, 2.45) is 0 Å². The molecule has 8 heteroatoms. The molecule has 1 aliphatic heterocycles. The van der Waals surface area contributed by atoms with E-state index in [1.54, 1.807) is 26.4 Å². The summed E-state index contributed by atoms with van der Waals surface area (Å²) >= 11 is 0. The second-order valence-electron chi connectivity index (χ2n) is 9.55. The van der Waals surface area contributed by atoms with Crippen LogP contribution in [-0.2, 0) is 14.3 Å². The number of carbonyl (C=O) groups is 2. The first kappa shape index (κ1) is 27.1. The standard InChI is InChI=1S/C30H35NO7/c1-6-7-12-38-30(34)27-17(2)31-21-13-20(18-9-11-24(35-3)26(15-18)37-5)14-23(33)29(21)28(27)19-8-10-22(32)25(16-19)36-4/h8-11,15-16,20,28,31-32H,6-7,12-14H2,1-5H3. The second-order valence-corrected chi connectivity index (χ2v) is 9.55. The molecule has 1 heterocycles. The van der Waals surface area contributed by atoms with Crippen molar-refractivity contribution in [1.82, 2.24) is 5.32 Å². The van der Waals surface area contributed by atoms with Gasteiger partial charge in [-0.15, -0.1) is 0 Å². The van der Waals surface area contributed by atoms with Gasteiger partial charge in [-0.25, -0.2) is 4.79 Å². The number of rotatable bonds is 9. The van der Waals surface area contributed by atoms with Crippen LogP contribution in [0.2, 0.25) is 0 Å². The number of ether oxygens (including phenoxy) is 4. The number of carbonyl (C=O) groups excluding carboxylic acids is 2. The summed E-state index contributed by atoms with van der Waals surface area (Å²) < 4.78 is 21.8. The monoisotopic (exact) mass is 521 g/mol. The Hall–Kier alpha value is -3.94. The van der Waals surface area contributed by atoms with Gasteiger partial charge in [0.1, 0.15) is 0 Å². The van der Waals surface area contributed by atoms with Crippen LogP contribution in [0.25, 0.3) is 0 Å². The van der Waals surface area contributed by atoms with E-state index in [0.29, 0.717) is 46.9 Å².